The third-order valence-electron chi connectivity index (χ3n) is 4.60. The van der Waals surface area contributed by atoms with Crippen molar-refractivity contribution < 1.29 is 4.79 Å². The SMILES string of the molecule is C=CC(=O)Nc1cc(-n2c(=O)ccc3cnc4ccc(Cl)cc4c32)ccc1C. The second-order valence-electron chi connectivity index (χ2n) is 6.42. The fraction of sp³-hybridized carbons (Fsp3) is 0.0455. The lowest BCUT2D eigenvalue weighted by molar-refractivity contribution is -0.111. The van der Waals surface area contributed by atoms with Crippen molar-refractivity contribution >= 4 is 45.0 Å². The van der Waals surface area contributed by atoms with Gasteiger partial charge in [-0.2, -0.15) is 0 Å². The lowest BCUT2D eigenvalue weighted by Crippen LogP contribution is -2.18. The van der Waals surface area contributed by atoms with Crippen molar-refractivity contribution in [3.63, 3.8) is 0 Å². The second-order valence-corrected chi connectivity index (χ2v) is 6.86. The molecule has 2 aromatic heterocycles. The van der Waals surface area contributed by atoms with Crippen LogP contribution in [0, 0.1) is 6.92 Å². The monoisotopic (exact) mass is 389 g/mol. The molecule has 138 valence electrons. The Morgan fingerprint density at radius 3 is 2.79 bits per heavy atom. The lowest BCUT2D eigenvalue weighted by atomic mass is 10.1. The number of aryl methyl sites for hydroxylation is 1. The maximum Gasteiger partial charge on any atom is 0.255 e. The number of benzene rings is 2. The van der Waals surface area contributed by atoms with E-state index in [-0.39, 0.29) is 11.5 Å². The molecule has 5 nitrogen and oxygen atoms in total. The quantitative estimate of drug-likeness (QED) is 0.410. The average molecular weight is 390 g/mol. The fourth-order valence-electron chi connectivity index (χ4n) is 3.21. The number of nitrogens with zero attached hydrogens (tertiary/aromatic N) is 2. The van der Waals surface area contributed by atoms with Gasteiger partial charge in [0.15, 0.2) is 0 Å². The van der Waals surface area contributed by atoms with Crippen LogP contribution in [-0.4, -0.2) is 15.5 Å². The number of anilines is 1. The molecule has 2 heterocycles. The van der Waals surface area contributed by atoms with Gasteiger partial charge in [0.2, 0.25) is 5.91 Å². The van der Waals surface area contributed by atoms with Crippen molar-refractivity contribution in [2.24, 2.45) is 0 Å². The van der Waals surface area contributed by atoms with E-state index in [1.807, 2.05) is 25.1 Å². The van der Waals surface area contributed by atoms with E-state index in [9.17, 15) is 9.59 Å². The van der Waals surface area contributed by atoms with Crippen LogP contribution in [0.5, 0.6) is 0 Å². The number of nitrogens with one attached hydrogen (secondary N) is 1. The van der Waals surface area contributed by atoms with E-state index in [1.54, 1.807) is 35.0 Å². The van der Waals surface area contributed by atoms with Crippen LogP contribution in [0.15, 0.2) is 72.2 Å². The number of rotatable bonds is 3. The molecule has 4 rings (SSSR count). The number of aromatic nitrogens is 2. The van der Waals surface area contributed by atoms with Crippen LogP contribution >= 0.6 is 11.6 Å². The number of carbonyl (C=O) groups is 1. The predicted molar refractivity (Wildman–Crippen MR) is 113 cm³/mol. The predicted octanol–water partition coefficient (Wildman–Crippen LogP) is 4.63. The van der Waals surface area contributed by atoms with Crippen LogP contribution in [0.2, 0.25) is 5.02 Å². The Morgan fingerprint density at radius 2 is 2.00 bits per heavy atom. The van der Waals surface area contributed by atoms with Gasteiger partial charge in [-0.05, 0) is 55.0 Å². The summed E-state index contributed by atoms with van der Waals surface area (Å²) in [6, 6.07) is 14.1. The van der Waals surface area contributed by atoms with Crippen LogP contribution in [0.25, 0.3) is 27.5 Å². The van der Waals surface area contributed by atoms with Gasteiger partial charge >= 0.3 is 0 Å². The van der Waals surface area contributed by atoms with Gasteiger partial charge in [-0.25, -0.2) is 0 Å². The molecule has 0 saturated carbocycles. The number of fused-ring (bicyclic) bond motifs is 3. The summed E-state index contributed by atoms with van der Waals surface area (Å²) in [4.78, 5) is 29.1. The van der Waals surface area contributed by atoms with Crippen molar-refractivity contribution in [1.82, 2.24) is 9.55 Å². The third-order valence-corrected chi connectivity index (χ3v) is 4.84. The van der Waals surface area contributed by atoms with E-state index in [4.69, 9.17) is 11.6 Å². The van der Waals surface area contributed by atoms with Gasteiger partial charge in [-0.1, -0.05) is 24.2 Å². The number of hydrogen-bond acceptors (Lipinski definition) is 3. The minimum Gasteiger partial charge on any atom is -0.322 e. The van der Waals surface area contributed by atoms with Gasteiger partial charge < -0.3 is 5.32 Å². The third kappa shape index (κ3) is 3.06. The maximum atomic E-state index is 12.8. The van der Waals surface area contributed by atoms with E-state index in [0.717, 1.165) is 21.9 Å². The summed E-state index contributed by atoms with van der Waals surface area (Å²) in [7, 11) is 0. The molecule has 1 N–H and O–H groups in total. The maximum absolute atomic E-state index is 12.8. The molecule has 2 aromatic carbocycles. The summed E-state index contributed by atoms with van der Waals surface area (Å²) in [6.07, 6.45) is 2.94. The molecule has 0 aliphatic heterocycles. The van der Waals surface area contributed by atoms with E-state index in [1.165, 1.54) is 12.1 Å². The zero-order valence-electron chi connectivity index (χ0n) is 15.1. The molecular formula is C22H16ClN3O2. The first kappa shape index (κ1) is 17.9. The summed E-state index contributed by atoms with van der Waals surface area (Å²) in [5.74, 6) is -0.313. The van der Waals surface area contributed by atoms with E-state index in [2.05, 4.69) is 16.9 Å². The molecule has 0 atom stereocenters. The molecule has 1 amide bonds. The molecule has 0 bridgehead atoms. The molecule has 0 saturated heterocycles. The first-order chi connectivity index (χ1) is 13.5. The highest BCUT2D eigenvalue weighted by atomic mass is 35.5. The van der Waals surface area contributed by atoms with Crippen LogP contribution in [0.3, 0.4) is 0 Å². The highest BCUT2D eigenvalue weighted by molar-refractivity contribution is 6.31. The molecule has 28 heavy (non-hydrogen) atoms. The van der Waals surface area contributed by atoms with E-state index >= 15 is 0 Å². The van der Waals surface area contributed by atoms with Gasteiger partial charge in [-0.15, -0.1) is 0 Å². The van der Waals surface area contributed by atoms with Gasteiger partial charge in [0.25, 0.3) is 5.56 Å². The topological polar surface area (TPSA) is 64.0 Å². The van der Waals surface area contributed by atoms with Crippen molar-refractivity contribution in [1.29, 1.82) is 0 Å². The summed E-state index contributed by atoms with van der Waals surface area (Å²) in [6.45, 7) is 5.36. The summed E-state index contributed by atoms with van der Waals surface area (Å²) < 4.78 is 1.61. The molecule has 0 aliphatic carbocycles. The molecule has 0 fully saturated rings. The number of halogens is 1. The van der Waals surface area contributed by atoms with E-state index < -0.39 is 0 Å². The van der Waals surface area contributed by atoms with E-state index in [0.29, 0.717) is 21.9 Å². The zero-order chi connectivity index (χ0) is 19.8. The fourth-order valence-corrected chi connectivity index (χ4v) is 3.38. The van der Waals surface area contributed by atoms with Crippen LogP contribution in [-0.2, 0) is 4.79 Å². The smallest absolute Gasteiger partial charge is 0.255 e. The highest BCUT2D eigenvalue weighted by Gasteiger charge is 2.12. The zero-order valence-corrected chi connectivity index (χ0v) is 15.8. The Hall–Kier alpha value is -3.44. The number of hydrogen-bond donors (Lipinski definition) is 1. The van der Waals surface area contributed by atoms with Crippen molar-refractivity contribution in [2.45, 2.75) is 6.92 Å². The van der Waals surface area contributed by atoms with Crippen molar-refractivity contribution in [3.8, 4) is 5.69 Å². The van der Waals surface area contributed by atoms with Gasteiger partial charge in [0, 0.05) is 33.7 Å². The number of amides is 1. The first-order valence-electron chi connectivity index (χ1n) is 8.62. The largest absolute Gasteiger partial charge is 0.322 e. The Labute approximate surface area is 165 Å². The minimum atomic E-state index is -0.313. The molecular weight excluding hydrogens is 374 g/mol. The Kier molecular flexibility index (Phi) is 4.45. The Balaban J connectivity index is 2.06. The average Bonchev–Trinajstić information content (AvgIpc) is 2.69. The standard InChI is InChI=1S/C22H16ClN3O2/c1-3-20(27)25-19-11-16(7-4-13(19)2)26-21(28)9-5-14-12-24-18-8-6-15(23)10-17(18)22(14)26/h3-12H,1H2,2H3,(H,25,27). The first-order valence-corrected chi connectivity index (χ1v) is 9.00. The van der Waals surface area contributed by atoms with Crippen LogP contribution in [0.1, 0.15) is 5.56 Å². The Morgan fingerprint density at radius 1 is 1.18 bits per heavy atom. The number of carbonyl (C=O) groups excluding carboxylic acids is 1. The highest BCUT2D eigenvalue weighted by Crippen LogP contribution is 2.28. The van der Waals surface area contributed by atoms with Crippen molar-refractivity contribution in [2.75, 3.05) is 5.32 Å². The van der Waals surface area contributed by atoms with Crippen LogP contribution in [0.4, 0.5) is 5.69 Å². The second kappa shape index (κ2) is 6.94. The molecule has 0 radical (unpaired) electrons. The molecule has 0 spiro atoms. The van der Waals surface area contributed by atoms with Gasteiger partial charge in [0.05, 0.1) is 16.7 Å². The minimum absolute atomic E-state index is 0.190. The van der Waals surface area contributed by atoms with Crippen molar-refractivity contribution in [3.05, 3.63) is 88.3 Å². The summed E-state index contributed by atoms with van der Waals surface area (Å²) >= 11 is 6.20. The van der Waals surface area contributed by atoms with Crippen LogP contribution < -0.4 is 10.9 Å². The molecule has 0 unspecified atom stereocenters. The normalized spacial score (nSPS) is 10.9. The molecule has 4 aromatic rings. The lowest BCUT2D eigenvalue weighted by Gasteiger charge is -2.15. The van der Waals surface area contributed by atoms with Gasteiger partial charge in [0.1, 0.15) is 0 Å². The summed E-state index contributed by atoms with van der Waals surface area (Å²) in [5, 5.41) is 4.93. The van der Waals surface area contributed by atoms with Gasteiger partial charge in [-0.3, -0.25) is 19.1 Å². The number of pyridine rings is 2. The molecule has 0 aliphatic rings. The Bertz CT molecular complexity index is 1320. The molecule has 6 heteroatoms. The summed E-state index contributed by atoms with van der Waals surface area (Å²) in [5.41, 5.74) is 3.38.